The summed E-state index contributed by atoms with van der Waals surface area (Å²) in [7, 11) is -3.88. The lowest BCUT2D eigenvalue weighted by molar-refractivity contribution is 0.0711. The van der Waals surface area contributed by atoms with Crippen molar-refractivity contribution in [3.05, 3.63) is 83.2 Å². The van der Waals surface area contributed by atoms with Crippen molar-refractivity contribution in [3.8, 4) is 0 Å². The van der Waals surface area contributed by atoms with Gasteiger partial charge in [-0.3, -0.25) is 4.79 Å². The highest BCUT2D eigenvalue weighted by Crippen LogP contribution is 2.23. The van der Waals surface area contributed by atoms with E-state index in [0.29, 0.717) is 30.0 Å². The zero-order chi connectivity index (χ0) is 26.6. The Morgan fingerprint density at radius 3 is 2.35 bits per heavy atom. The Balaban J connectivity index is 1.67. The third kappa shape index (κ3) is 6.81. The summed E-state index contributed by atoms with van der Waals surface area (Å²) in [6.07, 6.45) is 2.99. The predicted molar refractivity (Wildman–Crippen MR) is 134 cm³/mol. The standard InChI is InChI=1S/C27H31F2N3O4S/c1-19(2)15-31(26(33)21-7-11-23(29)12-8-21)16-24-14-30-27(32(24)17-25-4-3-13-36-25)37(34,35)18-20-5-9-22(28)10-6-20/h5-12,14,19,25H,3-4,13,15-18H2,1-2H3. The Labute approximate surface area is 216 Å². The van der Waals surface area contributed by atoms with E-state index in [-0.39, 0.29) is 41.9 Å². The molecule has 0 spiro atoms. The number of hydrogen-bond donors (Lipinski definition) is 0. The van der Waals surface area contributed by atoms with Gasteiger partial charge in [0.2, 0.25) is 15.0 Å². The first-order chi connectivity index (χ1) is 17.6. The summed E-state index contributed by atoms with van der Waals surface area (Å²) in [6.45, 7) is 5.39. The number of rotatable bonds is 10. The third-order valence-corrected chi connectivity index (χ3v) is 7.77. The maximum absolute atomic E-state index is 13.4. The zero-order valence-electron chi connectivity index (χ0n) is 20.9. The Kier molecular flexibility index (Phi) is 8.39. The van der Waals surface area contributed by atoms with E-state index in [9.17, 15) is 22.0 Å². The molecule has 1 aliphatic heterocycles. The van der Waals surface area contributed by atoms with Crippen LogP contribution in [0.5, 0.6) is 0 Å². The molecule has 37 heavy (non-hydrogen) atoms. The number of ether oxygens (including phenoxy) is 1. The van der Waals surface area contributed by atoms with Gasteiger partial charge in [0.15, 0.2) is 0 Å². The second-order valence-electron chi connectivity index (χ2n) is 9.75. The molecule has 1 aliphatic rings. The number of aromatic nitrogens is 2. The molecular weight excluding hydrogens is 500 g/mol. The fourth-order valence-electron chi connectivity index (χ4n) is 4.45. The van der Waals surface area contributed by atoms with Gasteiger partial charge in [-0.05, 0) is 60.7 Å². The Morgan fingerprint density at radius 2 is 1.76 bits per heavy atom. The van der Waals surface area contributed by atoms with E-state index in [1.807, 2.05) is 13.8 Å². The average Bonchev–Trinajstić information content (AvgIpc) is 3.51. The van der Waals surface area contributed by atoms with Crippen molar-refractivity contribution in [1.82, 2.24) is 14.5 Å². The third-order valence-electron chi connectivity index (χ3n) is 6.18. The van der Waals surface area contributed by atoms with Crippen LogP contribution in [0.1, 0.15) is 48.3 Å². The van der Waals surface area contributed by atoms with E-state index in [2.05, 4.69) is 4.98 Å². The molecule has 10 heteroatoms. The summed E-state index contributed by atoms with van der Waals surface area (Å²) in [6, 6.07) is 10.7. The van der Waals surface area contributed by atoms with Crippen molar-refractivity contribution in [2.24, 2.45) is 5.92 Å². The van der Waals surface area contributed by atoms with Gasteiger partial charge in [-0.2, -0.15) is 0 Å². The molecule has 7 nitrogen and oxygen atoms in total. The Hall–Kier alpha value is -3.11. The number of carbonyl (C=O) groups is 1. The lowest BCUT2D eigenvalue weighted by atomic mass is 10.1. The lowest BCUT2D eigenvalue weighted by Crippen LogP contribution is -2.35. The van der Waals surface area contributed by atoms with Crippen LogP contribution in [0.15, 0.2) is 59.9 Å². The topological polar surface area (TPSA) is 81.5 Å². The highest BCUT2D eigenvalue weighted by atomic mass is 32.2. The highest BCUT2D eigenvalue weighted by molar-refractivity contribution is 7.90. The summed E-state index contributed by atoms with van der Waals surface area (Å²) < 4.78 is 61.0. The van der Waals surface area contributed by atoms with E-state index in [1.54, 1.807) is 9.47 Å². The molecular formula is C27H31F2N3O4S. The molecule has 1 atom stereocenters. The van der Waals surface area contributed by atoms with Gasteiger partial charge in [0.05, 0.1) is 36.8 Å². The van der Waals surface area contributed by atoms with Crippen molar-refractivity contribution >= 4 is 15.7 Å². The minimum Gasteiger partial charge on any atom is -0.376 e. The molecule has 0 radical (unpaired) electrons. The molecule has 0 aliphatic carbocycles. The highest BCUT2D eigenvalue weighted by Gasteiger charge is 2.29. The van der Waals surface area contributed by atoms with Gasteiger partial charge < -0.3 is 14.2 Å². The maximum Gasteiger partial charge on any atom is 0.254 e. The average molecular weight is 532 g/mol. The minimum absolute atomic E-state index is 0.110. The summed E-state index contributed by atoms with van der Waals surface area (Å²) in [5, 5.41) is -0.110. The van der Waals surface area contributed by atoms with Gasteiger partial charge in [0.1, 0.15) is 11.6 Å². The number of nitrogens with zero attached hydrogens (tertiary/aromatic N) is 3. The maximum atomic E-state index is 13.4. The molecule has 1 unspecified atom stereocenters. The first-order valence-electron chi connectivity index (χ1n) is 12.3. The van der Waals surface area contributed by atoms with Crippen LogP contribution in [0.2, 0.25) is 0 Å². The van der Waals surface area contributed by atoms with Crippen LogP contribution in [0.3, 0.4) is 0 Å². The molecule has 2 aromatic carbocycles. The van der Waals surface area contributed by atoms with Crippen molar-refractivity contribution in [2.45, 2.75) is 56.8 Å². The molecule has 0 N–H and O–H groups in total. The summed E-state index contributed by atoms with van der Waals surface area (Å²) in [5.41, 5.74) is 1.35. The van der Waals surface area contributed by atoms with Crippen LogP contribution in [0.25, 0.3) is 0 Å². The number of halogens is 2. The molecule has 1 saturated heterocycles. The molecule has 1 aromatic heterocycles. The van der Waals surface area contributed by atoms with Crippen LogP contribution < -0.4 is 0 Å². The summed E-state index contributed by atoms with van der Waals surface area (Å²) >= 11 is 0. The molecule has 1 amide bonds. The molecule has 3 aromatic rings. The SMILES string of the molecule is CC(C)CN(Cc1cnc(S(=O)(=O)Cc2ccc(F)cc2)n1CC1CCCO1)C(=O)c1ccc(F)cc1. The second-order valence-corrected chi connectivity index (χ2v) is 11.6. The van der Waals surface area contributed by atoms with E-state index in [4.69, 9.17) is 4.74 Å². The molecule has 0 saturated carbocycles. The monoisotopic (exact) mass is 531 g/mol. The Bertz CT molecular complexity index is 1320. The fourth-order valence-corrected chi connectivity index (χ4v) is 5.95. The first-order valence-corrected chi connectivity index (χ1v) is 14.0. The van der Waals surface area contributed by atoms with Crippen LogP contribution in [-0.2, 0) is 33.4 Å². The molecule has 0 bridgehead atoms. The number of amides is 1. The van der Waals surface area contributed by atoms with Crippen LogP contribution >= 0.6 is 0 Å². The van der Waals surface area contributed by atoms with Gasteiger partial charge in [-0.15, -0.1) is 0 Å². The minimum atomic E-state index is -3.88. The number of carbonyl (C=O) groups excluding carboxylic acids is 1. The van der Waals surface area contributed by atoms with Crippen LogP contribution in [0.4, 0.5) is 8.78 Å². The fraction of sp³-hybridized carbons (Fsp3) is 0.407. The van der Waals surface area contributed by atoms with E-state index < -0.39 is 21.5 Å². The molecule has 1 fully saturated rings. The van der Waals surface area contributed by atoms with E-state index in [1.165, 1.54) is 54.7 Å². The van der Waals surface area contributed by atoms with Gasteiger partial charge in [-0.1, -0.05) is 26.0 Å². The zero-order valence-corrected chi connectivity index (χ0v) is 21.8. The number of benzene rings is 2. The largest absolute Gasteiger partial charge is 0.376 e. The van der Waals surface area contributed by atoms with Crippen molar-refractivity contribution in [2.75, 3.05) is 13.2 Å². The van der Waals surface area contributed by atoms with Gasteiger partial charge in [0.25, 0.3) is 5.91 Å². The first kappa shape index (κ1) is 26.9. The van der Waals surface area contributed by atoms with E-state index >= 15 is 0 Å². The van der Waals surface area contributed by atoms with Gasteiger partial charge in [0, 0.05) is 18.7 Å². The second kappa shape index (κ2) is 11.5. The molecule has 198 valence electrons. The van der Waals surface area contributed by atoms with Crippen LogP contribution in [0, 0.1) is 17.6 Å². The number of hydrogen-bond acceptors (Lipinski definition) is 5. The summed E-state index contributed by atoms with van der Waals surface area (Å²) in [5.74, 6) is -1.36. The predicted octanol–water partition coefficient (Wildman–Crippen LogP) is 4.61. The molecule has 2 heterocycles. The van der Waals surface area contributed by atoms with Gasteiger partial charge >= 0.3 is 0 Å². The van der Waals surface area contributed by atoms with Crippen molar-refractivity contribution < 1.29 is 26.7 Å². The normalized spacial score (nSPS) is 15.9. The lowest BCUT2D eigenvalue weighted by Gasteiger charge is -2.26. The van der Waals surface area contributed by atoms with E-state index in [0.717, 1.165) is 12.8 Å². The number of sulfone groups is 1. The van der Waals surface area contributed by atoms with Crippen molar-refractivity contribution in [1.29, 1.82) is 0 Å². The smallest absolute Gasteiger partial charge is 0.254 e. The van der Waals surface area contributed by atoms with Crippen LogP contribution in [-0.4, -0.2) is 48.0 Å². The molecule has 4 rings (SSSR count). The Morgan fingerprint density at radius 1 is 1.11 bits per heavy atom. The number of imidazole rings is 1. The van der Waals surface area contributed by atoms with Gasteiger partial charge in [-0.25, -0.2) is 22.2 Å². The van der Waals surface area contributed by atoms with Crippen molar-refractivity contribution in [3.63, 3.8) is 0 Å². The quantitative estimate of drug-likeness (QED) is 0.382. The summed E-state index contributed by atoms with van der Waals surface area (Å²) in [4.78, 5) is 19.2.